The molecular formula is C30H38ClNO4. The topological polar surface area (TPSA) is 69.4 Å². The van der Waals surface area contributed by atoms with E-state index in [9.17, 15) is 9.59 Å². The Kier molecular flexibility index (Phi) is 7.31. The Balaban J connectivity index is 1.41. The van der Waals surface area contributed by atoms with Crippen LogP contribution in [0.5, 0.6) is 0 Å². The summed E-state index contributed by atoms with van der Waals surface area (Å²) < 4.78 is 11.2. The fraction of sp³-hybridized carbons (Fsp3) is 0.633. The second kappa shape index (κ2) is 10.3. The Morgan fingerprint density at radius 3 is 2.53 bits per heavy atom. The van der Waals surface area contributed by atoms with Crippen molar-refractivity contribution in [3.63, 3.8) is 0 Å². The third-order valence-corrected chi connectivity index (χ3v) is 8.97. The quantitative estimate of drug-likeness (QED) is 0.334. The van der Waals surface area contributed by atoms with Crippen molar-refractivity contribution in [1.82, 2.24) is 5.16 Å². The summed E-state index contributed by atoms with van der Waals surface area (Å²) >= 11 is 6.46. The van der Waals surface area contributed by atoms with Crippen LogP contribution in [0.1, 0.15) is 105 Å². The van der Waals surface area contributed by atoms with E-state index >= 15 is 0 Å². The summed E-state index contributed by atoms with van der Waals surface area (Å²) in [5.41, 5.74) is 4.09. The fourth-order valence-electron chi connectivity index (χ4n) is 6.65. The van der Waals surface area contributed by atoms with Gasteiger partial charge in [0, 0.05) is 34.8 Å². The lowest BCUT2D eigenvalue weighted by Gasteiger charge is -2.35. The molecule has 1 aromatic heterocycles. The number of aromatic nitrogens is 1. The Morgan fingerprint density at radius 1 is 1.14 bits per heavy atom. The van der Waals surface area contributed by atoms with Crippen molar-refractivity contribution in [2.45, 2.75) is 89.9 Å². The highest BCUT2D eigenvalue weighted by molar-refractivity contribution is 6.31. The third-order valence-electron chi connectivity index (χ3n) is 8.62. The number of rotatable bonds is 9. The van der Waals surface area contributed by atoms with Gasteiger partial charge in [0.1, 0.15) is 11.5 Å². The number of Topliss-reactive ketones (excluding diaryl/α,β-unsaturated/α-hetero) is 1. The lowest BCUT2D eigenvalue weighted by atomic mass is 9.69. The van der Waals surface area contributed by atoms with Crippen molar-refractivity contribution in [1.29, 1.82) is 0 Å². The minimum absolute atomic E-state index is 0.115. The normalized spacial score (nSPS) is 27.8. The maximum atomic E-state index is 13.7. The van der Waals surface area contributed by atoms with Crippen LogP contribution < -0.4 is 0 Å². The molecule has 194 valence electrons. The lowest BCUT2D eigenvalue weighted by molar-refractivity contribution is -0.145. The molecule has 3 fully saturated rings. The number of ketones is 1. The summed E-state index contributed by atoms with van der Waals surface area (Å²) in [7, 11) is 1.42. The molecule has 36 heavy (non-hydrogen) atoms. The number of methoxy groups -OCH3 is 1. The molecule has 3 aliphatic carbocycles. The van der Waals surface area contributed by atoms with Gasteiger partial charge < -0.3 is 9.26 Å². The summed E-state index contributed by atoms with van der Waals surface area (Å²) in [4.78, 5) is 26.2. The molecule has 0 spiro atoms. The number of carbonyl (C=O) groups is 2. The Morgan fingerprint density at radius 2 is 1.89 bits per heavy atom. The minimum atomic E-state index is -0.297. The van der Waals surface area contributed by atoms with Crippen LogP contribution in [0.3, 0.4) is 0 Å². The maximum absolute atomic E-state index is 13.7. The number of aryl methyl sites for hydroxylation is 1. The van der Waals surface area contributed by atoms with E-state index in [1.54, 1.807) is 0 Å². The van der Waals surface area contributed by atoms with Crippen molar-refractivity contribution in [2.75, 3.05) is 7.11 Å². The van der Waals surface area contributed by atoms with E-state index in [0.29, 0.717) is 35.6 Å². The molecule has 5 nitrogen and oxygen atoms in total. The third kappa shape index (κ3) is 5.14. The standard InChI is InChI=1S/C30H38ClNO4/c1-16(2)9-18-11-21(12-18)29-27(19-7-8-19)28(32-36-29)24-14-22(30(34)35-4)13-23(24)26(33)15-20-6-5-17(3)10-25(20)31/h5-6,10,16,18-19,21-24H,7-9,11-15H2,1-4H3/t18?,21?,22-,23-,24-/m0/s1. The summed E-state index contributed by atoms with van der Waals surface area (Å²) in [6.45, 7) is 6.56. The molecule has 0 bridgehead atoms. The first-order valence-corrected chi connectivity index (χ1v) is 14.0. The van der Waals surface area contributed by atoms with E-state index in [0.717, 1.165) is 54.2 Å². The zero-order valence-electron chi connectivity index (χ0n) is 21.9. The van der Waals surface area contributed by atoms with E-state index in [1.165, 1.54) is 19.1 Å². The zero-order valence-corrected chi connectivity index (χ0v) is 22.6. The van der Waals surface area contributed by atoms with Gasteiger partial charge in [-0.05, 0) is 86.8 Å². The molecule has 3 saturated carbocycles. The Labute approximate surface area is 219 Å². The summed E-state index contributed by atoms with van der Waals surface area (Å²) in [5, 5.41) is 5.25. The monoisotopic (exact) mass is 511 g/mol. The second-order valence-corrected chi connectivity index (χ2v) is 12.3. The first-order chi connectivity index (χ1) is 17.2. The van der Waals surface area contributed by atoms with Gasteiger partial charge in [0.2, 0.25) is 0 Å². The molecule has 0 saturated heterocycles. The lowest BCUT2D eigenvalue weighted by Crippen LogP contribution is -2.24. The molecule has 6 heteroatoms. The highest BCUT2D eigenvalue weighted by atomic mass is 35.5. The van der Waals surface area contributed by atoms with E-state index in [4.69, 9.17) is 20.9 Å². The Bertz CT molecular complexity index is 1130. The van der Waals surface area contributed by atoms with E-state index < -0.39 is 0 Å². The van der Waals surface area contributed by atoms with Crippen LogP contribution in [0.25, 0.3) is 0 Å². The van der Waals surface area contributed by atoms with Gasteiger partial charge in [-0.2, -0.15) is 0 Å². The Hall–Kier alpha value is -2.14. The van der Waals surface area contributed by atoms with E-state index in [1.807, 2.05) is 25.1 Å². The van der Waals surface area contributed by atoms with Crippen LogP contribution >= 0.6 is 11.6 Å². The second-order valence-electron chi connectivity index (χ2n) is 11.9. The van der Waals surface area contributed by atoms with Gasteiger partial charge in [0.25, 0.3) is 0 Å². The molecule has 0 amide bonds. The van der Waals surface area contributed by atoms with Crippen molar-refractivity contribution >= 4 is 23.4 Å². The molecule has 1 aromatic carbocycles. The average molecular weight is 512 g/mol. The fourth-order valence-corrected chi connectivity index (χ4v) is 6.95. The van der Waals surface area contributed by atoms with Crippen LogP contribution in [0.2, 0.25) is 5.02 Å². The molecule has 5 rings (SSSR count). The number of esters is 1. The summed E-state index contributed by atoms with van der Waals surface area (Å²) in [6, 6.07) is 5.82. The number of hydrogen-bond donors (Lipinski definition) is 0. The largest absolute Gasteiger partial charge is 0.469 e. The summed E-state index contributed by atoms with van der Waals surface area (Å²) in [5.74, 6) is 2.61. The highest BCUT2D eigenvalue weighted by Gasteiger charge is 2.48. The van der Waals surface area contributed by atoms with Crippen LogP contribution in [0.4, 0.5) is 0 Å². The molecule has 3 atom stereocenters. The van der Waals surface area contributed by atoms with Gasteiger partial charge in [-0.1, -0.05) is 42.7 Å². The van der Waals surface area contributed by atoms with Crippen molar-refractivity contribution in [3.05, 3.63) is 51.4 Å². The smallest absolute Gasteiger partial charge is 0.308 e. The SMILES string of the molecule is COC(=O)[C@H]1C[C@H](C(=O)Cc2ccc(C)cc2Cl)[C@@H](c2noc(C3CC(CC(C)C)C3)c2C2CC2)C1. The van der Waals surface area contributed by atoms with Crippen LogP contribution in [0, 0.1) is 30.6 Å². The molecule has 2 aromatic rings. The van der Waals surface area contributed by atoms with Gasteiger partial charge in [-0.15, -0.1) is 0 Å². The first kappa shape index (κ1) is 25.5. The van der Waals surface area contributed by atoms with Crippen LogP contribution in [-0.4, -0.2) is 24.0 Å². The van der Waals surface area contributed by atoms with Gasteiger partial charge in [0.15, 0.2) is 0 Å². The van der Waals surface area contributed by atoms with Gasteiger partial charge in [-0.3, -0.25) is 9.59 Å². The molecule has 0 radical (unpaired) electrons. The number of halogens is 1. The molecule has 0 aliphatic heterocycles. The van der Waals surface area contributed by atoms with Crippen LogP contribution in [-0.2, 0) is 20.7 Å². The zero-order chi connectivity index (χ0) is 25.6. The summed E-state index contributed by atoms with van der Waals surface area (Å²) in [6.07, 6.45) is 7.21. The predicted octanol–water partition coefficient (Wildman–Crippen LogP) is 7.15. The molecule has 0 unspecified atom stereocenters. The maximum Gasteiger partial charge on any atom is 0.308 e. The van der Waals surface area contributed by atoms with E-state index in [2.05, 4.69) is 19.0 Å². The average Bonchev–Trinajstić information content (AvgIpc) is 3.40. The number of nitrogens with zero attached hydrogens (tertiary/aromatic N) is 1. The predicted molar refractivity (Wildman–Crippen MR) is 139 cm³/mol. The number of ether oxygens (including phenoxy) is 1. The van der Waals surface area contributed by atoms with Gasteiger partial charge in [0.05, 0.1) is 18.7 Å². The van der Waals surface area contributed by atoms with Crippen LogP contribution in [0.15, 0.2) is 22.7 Å². The molecular weight excluding hydrogens is 474 g/mol. The van der Waals surface area contributed by atoms with Crippen molar-refractivity contribution in [3.8, 4) is 0 Å². The first-order valence-electron chi connectivity index (χ1n) is 13.6. The highest BCUT2D eigenvalue weighted by Crippen LogP contribution is 2.55. The number of benzene rings is 1. The molecule has 3 aliphatic rings. The minimum Gasteiger partial charge on any atom is -0.469 e. The number of hydrogen-bond acceptors (Lipinski definition) is 5. The molecule has 0 N–H and O–H groups in total. The van der Waals surface area contributed by atoms with Crippen molar-refractivity contribution < 1.29 is 18.8 Å². The van der Waals surface area contributed by atoms with Crippen molar-refractivity contribution in [2.24, 2.45) is 23.7 Å². The van der Waals surface area contributed by atoms with Gasteiger partial charge in [-0.25, -0.2) is 0 Å². The van der Waals surface area contributed by atoms with E-state index in [-0.39, 0.29) is 35.9 Å². The molecule has 1 heterocycles. The number of carbonyl (C=O) groups excluding carboxylic acids is 2. The van der Waals surface area contributed by atoms with Gasteiger partial charge >= 0.3 is 5.97 Å².